The third kappa shape index (κ3) is 4.32. The van der Waals surface area contributed by atoms with Crippen LogP contribution >= 0.6 is 27.3 Å². The molecule has 3 amide bonds. The largest absolute Gasteiger partial charge is 0.321 e. The molecule has 3 aromatic rings. The number of amides is 3. The number of imide groups is 1. The highest BCUT2D eigenvalue weighted by atomic mass is 79.9. The van der Waals surface area contributed by atoms with Crippen molar-refractivity contribution in [1.82, 2.24) is 4.90 Å². The van der Waals surface area contributed by atoms with Crippen molar-refractivity contribution in [2.24, 2.45) is 0 Å². The second kappa shape index (κ2) is 9.01. The second-order valence-corrected chi connectivity index (χ2v) is 9.03. The molecule has 0 N–H and O–H groups in total. The van der Waals surface area contributed by atoms with E-state index in [1.54, 1.807) is 24.3 Å². The van der Waals surface area contributed by atoms with Crippen LogP contribution in [0.1, 0.15) is 21.7 Å². The number of rotatable bonds is 6. The van der Waals surface area contributed by atoms with Gasteiger partial charge in [-0.15, -0.1) is 11.3 Å². The molecule has 1 atom stereocenters. The van der Waals surface area contributed by atoms with Gasteiger partial charge in [0.15, 0.2) is 0 Å². The van der Waals surface area contributed by atoms with Crippen molar-refractivity contribution in [3.8, 4) is 0 Å². The average molecular weight is 514 g/mol. The molecule has 1 saturated heterocycles. The first-order valence-electron chi connectivity index (χ1n) is 9.55. The van der Waals surface area contributed by atoms with E-state index in [0.29, 0.717) is 5.69 Å². The molecule has 1 unspecified atom stereocenters. The summed E-state index contributed by atoms with van der Waals surface area (Å²) in [4.78, 5) is 53.2. The topological polar surface area (TPSA) is 101 Å². The lowest BCUT2D eigenvalue weighted by Crippen LogP contribution is -2.45. The summed E-state index contributed by atoms with van der Waals surface area (Å²) in [6, 6.07) is 14.7. The van der Waals surface area contributed by atoms with E-state index in [4.69, 9.17) is 0 Å². The standard InChI is InChI=1S/C22H16BrN3O5S/c23-15-6-8-16(9-7-15)25-20(27)12-19(22(25)29)24(13-18-5-2-10-32-18)21(28)14-3-1-4-17(11-14)26(30)31/h1-11,19H,12-13H2. The quantitative estimate of drug-likeness (QED) is 0.276. The number of halogens is 1. The molecule has 8 nitrogen and oxygen atoms in total. The highest BCUT2D eigenvalue weighted by Gasteiger charge is 2.44. The Hall–Kier alpha value is -3.37. The number of anilines is 1. The van der Waals surface area contributed by atoms with Crippen LogP contribution in [0.15, 0.2) is 70.5 Å². The molecular weight excluding hydrogens is 498 g/mol. The first kappa shape index (κ1) is 21.8. The predicted molar refractivity (Wildman–Crippen MR) is 122 cm³/mol. The molecule has 0 aliphatic carbocycles. The Morgan fingerprint density at radius 1 is 1.16 bits per heavy atom. The minimum Gasteiger partial charge on any atom is -0.321 e. The molecule has 0 spiro atoms. The van der Waals surface area contributed by atoms with Crippen LogP contribution in [0.4, 0.5) is 11.4 Å². The zero-order valence-corrected chi connectivity index (χ0v) is 18.9. The third-order valence-corrected chi connectivity index (χ3v) is 6.44. The monoisotopic (exact) mass is 513 g/mol. The van der Waals surface area contributed by atoms with Gasteiger partial charge in [0.2, 0.25) is 5.91 Å². The van der Waals surface area contributed by atoms with Gasteiger partial charge in [0.05, 0.1) is 23.6 Å². The maximum Gasteiger partial charge on any atom is 0.270 e. The van der Waals surface area contributed by atoms with E-state index in [2.05, 4.69) is 15.9 Å². The zero-order valence-electron chi connectivity index (χ0n) is 16.5. The molecule has 32 heavy (non-hydrogen) atoms. The maximum absolute atomic E-state index is 13.4. The molecule has 1 aliphatic heterocycles. The van der Waals surface area contributed by atoms with Crippen molar-refractivity contribution in [2.75, 3.05) is 4.90 Å². The molecule has 0 saturated carbocycles. The Kier molecular flexibility index (Phi) is 6.15. The Morgan fingerprint density at radius 2 is 1.91 bits per heavy atom. The van der Waals surface area contributed by atoms with Gasteiger partial charge in [0.1, 0.15) is 6.04 Å². The summed E-state index contributed by atoms with van der Waals surface area (Å²) in [6.07, 6.45) is -0.166. The Bertz CT molecular complexity index is 1200. The number of hydrogen-bond acceptors (Lipinski definition) is 6. The highest BCUT2D eigenvalue weighted by molar-refractivity contribution is 9.10. The minimum absolute atomic E-state index is 0.0816. The molecule has 1 aliphatic rings. The number of non-ortho nitro benzene ring substituents is 1. The lowest BCUT2D eigenvalue weighted by Gasteiger charge is -2.27. The normalized spacial score (nSPS) is 15.8. The average Bonchev–Trinajstić information content (AvgIpc) is 3.40. The van der Waals surface area contributed by atoms with Crippen LogP contribution in [0.25, 0.3) is 0 Å². The molecule has 10 heteroatoms. The van der Waals surface area contributed by atoms with Gasteiger partial charge < -0.3 is 4.90 Å². The summed E-state index contributed by atoms with van der Waals surface area (Å²) in [6.45, 7) is 0.108. The van der Waals surface area contributed by atoms with E-state index in [1.165, 1.54) is 40.5 Å². The van der Waals surface area contributed by atoms with Crippen molar-refractivity contribution in [1.29, 1.82) is 0 Å². The number of hydrogen-bond donors (Lipinski definition) is 0. The number of thiophene rings is 1. The first-order valence-corrected chi connectivity index (χ1v) is 11.2. The van der Waals surface area contributed by atoms with Crippen LogP contribution in [-0.4, -0.2) is 33.6 Å². The van der Waals surface area contributed by atoms with E-state index in [9.17, 15) is 24.5 Å². The Balaban J connectivity index is 1.69. The molecular formula is C22H16BrN3O5S. The van der Waals surface area contributed by atoms with Gasteiger partial charge >= 0.3 is 0 Å². The molecule has 1 fully saturated rings. The van der Waals surface area contributed by atoms with Crippen molar-refractivity contribution >= 4 is 56.4 Å². The summed E-state index contributed by atoms with van der Waals surface area (Å²) in [5, 5.41) is 13.0. The van der Waals surface area contributed by atoms with Gasteiger partial charge in [0.25, 0.3) is 17.5 Å². The smallest absolute Gasteiger partial charge is 0.270 e. The van der Waals surface area contributed by atoms with E-state index in [0.717, 1.165) is 14.2 Å². The van der Waals surface area contributed by atoms with Crippen LogP contribution in [0.2, 0.25) is 0 Å². The van der Waals surface area contributed by atoms with Gasteiger partial charge in [-0.05, 0) is 41.8 Å². The third-order valence-electron chi connectivity index (χ3n) is 5.05. The first-order chi connectivity index (χ1) is 15.3. The molecule has 0 bridgehead atoms. The summed E-state index contributed by atoms with van der Waals surface area (Å²) in [7, 11) is 0. The summed E-state index contributed by atoms with van der Waals surface area (Å²) in [5.41, 5.74) is 0.278. The van der Waals surface area contributed by atoms with Gasteiger partial charge in [-0.2, -0.15) is 0 Å². The number of carbonyl (C=O) groups is 3. The molecule has 1 aromatic heterocycles. The van der Waals surface area contributed by atoms with Gasteiger partial charge in [-0.1, -0.05) is 28.1 Å². The lowest BCUT2D eigenvalue weighted by molar-refractivity contribution is -0.384. The van der Waals surface area contributed by atoms with Crippen LogP contribution in [0.3, 0.4) is 0 Å². The fraction of sp³-hybridized carbons (Fsp3) is 0.136. The van der Waals surface area contributed by atoms with E-state index >= 15 is 0 Å². The number of carbonyl (C=O) groups excluding carboxylic acids is 3. The molecule has 0 radical (unpaired) electrons. The van der Waals surface area contributed by atoms with Crippen LogP contribution < -0.4 is 4.90 Å². The van der Waals surface area contributed by atoms with Crippen molar-refractivity contribution in [3.63, 3.8) is 0 Å². The summed E-state index contributed by atoms with van der Waals surface area (Å²) >= 11 is 4.74. The molecule has 2 heterocycles. The SMILES string of the molecule is O=C1CC(N(Cc2cccs2)C(=O)c2cccc([N+](=O)[O-])c2)C(=O)N1c1ccc(Br)cc1. The Labute approximate surface area is 195 Å². The fourth-order valence-corrected chi connectivity index (χ4v) is 4.50. The van der Waals surface area contributed by atoms with Crippen molar-refractivity contribution in [2.45, 2.75) is 19.0 Å². The number of nitrogens with zero attached hydrogens (tertiary/aromatic N) is 3. The summed E-state index contributed by atoms with van der Waals surface area (Å²) < 4.78 is 0.803. The van der Waals surface area contributed by atoms with Gasteiger partial charge in [-0.25, -0.2) is 4.90 Å². The van der Waals surface area contributed by atoms with Crippen LogP contribution in [0, 0.1) is 10.1 Å². The number of nitro benzene ring substituents is 1. The molecule has 2 aromatic carbocycles. The van der Waals surface area contributed by atoms with Crippen LogP contribution in [-0.2, 0) is 16.1 Å². The van der Waals surface area contributed by atoms with Gasteiger partial charge in [-0.3, -0.25) is 24.5 Å². The summed E-state index contributed by atoms with van der Waals surface area (Å²) in [5.74, 6) is -1.47. The van der Waals surface area contributed by atoms with Crippen LogP contribution in [0.5, 0.6) is 0 Å². The van der Waals surface area contributed by atoms with E-state index < -0.39 is 28.7 Å². The van der Waals surface area contributed by atoms with E-state index in [-0.39, 0.29) is 24.2 Å². The molecule has 162 valence electrons. The van der Waals surface area contributed by atoms with Crippen molar-refractivity contribution in [3.05, 3.63) is 91.1 Å². The van der Waals surface area contributed by atoms with E-state index in [1.807, 2.05) is 17.5 Å². The van der Waals surface area contributed by atoms with Gasteiger partial charge in [0, 0.05) is 27.0 Å². The minimum atomic E-state index is -1.01. The second-order valence-electron chi connectivity index (χ2n) is 7.08. The maximum atomic E-state index is 13.4. The highest BCUT2D eigenvalue weighted by Crippen LogP contribution is 2.29. The van der Waals surface area contributed by atoms with Crippen molar-refractivity contribution < 1.29 is 19.3 Å². The fourth-order valence-electron chi connectivity index (χ4n) is 3.53. The number of benzene rings is 2. The zero-order chi connectivity index (χ0) is 22.8. The lowest BCUT2D eigenvalue weighted by atomic mass is 10.1. The number of nitro groups is 1. The molecule has 4 rings (SSSR count). The Morgan fingerprint density at radius 3 is 2.56 bits per heavy atom. The predicted octanol–water partition coefficient (Wildman–Crippen LogP) is 4.39.